The van der Waals surface area contributed by atoms with Crippen molar-refractivity contribution in [1.29, 1.82) is 0 Å². The highest BCUT2D eigenvalue weighted by Gasteiger charge is 2.17. The van der Waals surface area contributed by atoms with Crippen LogP contribution in [0, 0.1) is 0 Å². The van der Waals surface area contributed by atoms with Gasteiger partial charge in [-0.1, -0.05) is 74.5 Å². The molecule has 0 aliphatic carbocycles. The van der Waals surface area contributed by atoms with Gasteiger partial charge >= 0.3 is 5.97 Å². The third-order valence-corrected chi connectivity index (χ3v) is 6.26. The molecule has 5 rings (SSSR count). The second-order valence-electron chi connectivity index (χ2n) is 8.64. The van der Waals surface area contributed by atoms with E-state index in [0.29, 0.717) is 12.4 Å². The molecule has 0 amide bonds. The average molecular weight is 480 g/mol. The average Bonchev–Trinajstić information content (AvgIpc) is 3.60. The maximum Gasteiger partial charge on any atom is 0.335 e. The minimum Gasteiger partial charge on any atom is -0.478 e. The predicted molar refractivity (Wildman–Crippen MR) is 135 cm³/mol. The lowest BCUT2D eigenvalue weighted by Crippen LogP contribution is -2.05. The molecular formula is C27H25N7O2. The van der Waals surface area contributed by atoms with Crippen LogP contribution in [0.25, 0.3) is 33.9 Å². The third kappa shape index (κ3) is 4.63. The van der Waals surface area contributed by atoms with Gasteiger partial charge < -0.3 is 5.11 Å². The first-order chi connectivity index (χ1) is 17.5. The van der Waals surface area contributed by atoms with Crippen molar-refractivity contribution in [2.75, 3.05) is 0 Å². The van der Waals surface area contributed by atoms with Crippen LogP contribution in [-0.2, 0) is 6.54 Å². The summed E-state index contributed by atoms with van der Waals surface area (Å²) in [5.41, 5.74) is 5.14. The van der Waals surface area contributed by atoms with Crippen LogP contribution in [0.5, 0.6) is 0 Å². The summed E-state index contributed by atoms with van der Waals surface area (Å²) in [7, 11) is 0. The van der Waals surface area contributed by atoms with E-state index in [9.17, 15) is 9.90 Å². The molecule has 0 aliphatic heterocycles. The SMILES string of the molecule is CCC(C)c1nc(-c2ccc(C(=O)O)cc2)n(Cc2ccc(-c3ccccc3-c3nnn[nH]3)cc2)n1. The van der Waals surface area contributed by atoms with Gasteiger partial charge in [-0.25, -0.2) is 19.6 Å². The van der Waals surface area contributed by atoms with Crippen molar-refractivity contribution in [1.82, 2.24) is 35.4 Å². The van der Waals surface area contributed by atoms with E-state index in [1.807, 2.05) is 28.9 Å². The summed E-state index contributed by atoms with van der Waals surface area (Å²) in [5.74, 6) is 1.38. The molecule has 0 fully saturated rings. The summed E-state index contributed by atoms with van der Waals surface area (Å²) in [6.07, 6.45) is 0.927. The van der Waals surface area contributed by atoms with E-state index in [1.54, 1.807) is 24.3 Å². The second kappa shape index (κ2) is 9.91. The Morgan fingerprint density at radius 3 is 2.31 bits per heavy atom. The number of hydrogen-bond acceptors (Lipinski definition) is 6. The Hall–Kier alpha value is -4.66. The Bertz CT molecular complexity index is 1470. The number of benzene rings is 3. The van der Waals surface area contributed by atoms with Crippen LogP contribution < -0.4 is 0 Å². The minimum absolute atomic E-state index is 0.216. The van der Waals surface area contributed by atoms with Crippen molar-refractivity contribution in [2.45, 2.75) is 32.7 Å². The highest BCUT2D eigenvalue weighted by molar-refractivity contribution is 5.88. The van der Waals surface area contributed by atoms with Crippen molar-refractivity contribution in [3.05, 3.63) is 89.7 Å². The van der Waals surface area contributed by atoms with Crippen molar-refractivity contribution in [2.24, 2.45) is 0 Å². The van der Waals surface area contributed by atoms with E-state index >= 15 is 0 Å². The van der Waals surface area contributed by atoms with Crippen molar-refractivity contribution in [3.63, 3.8) is 0 Å². The summed E-state index contributed by atoms with van der Waals surface area (Å²) in [6.45, 7) is 4.75. The van der Waals surface area contributed by atoms with E-state index in [4.69, 9.17) is 10.1 Å². The van der Waals surface area contributed by atoms with Crippen LogP contribution in [0.1, 0.15) is 47.9 Å². The molecule has 2 N–H and O–H groups in total. The summed E-state index contributed by atoms with van der Waals surface area (Å²) < 4.78 is 1.89. The normalized spacial score (nSPS) is 11.9. The van der Waals surface area contributed by atoms with Gasteiger partial charge in [0.2, 0.25) is 0 Å². The molecule has 1 atom stereocenters. The van der Waals surface area contributed by atoms with E-state index in [0.717, 1.165) is 45.9 Å². The zero-order valence-electron chi connectivity index (χ0n) is 20.0. The topological polar surface area (TPSA) is 122 Å². The first-order valence-electron chi connectivity index (χ1n) is 11.7. The third-order valence-electron chi connectivity index (χ3n) is 6.26. The number of carboxylic acid groups (broad SMARTS) is 1. The van der Waals surface area contributed by atoms with Gasteiger partial charge in [0.15, 0.2) is 17.5 Å². The quantitative estimate of drug-likeness (QED) is 0.319. The Labute approximate surface area is 207 Å². The zero-order valence-corrected chi connectivity index (χ0v) is 20.0. The smallest absolute Gasteiger partial charge is 0.335 e. The van der Waals surface area contributed by atoms with Crippen LogP contribution >= 0.6 is 0 Å². The van der Waals surface area contributed by atoms with Crippen LogP contribution in [0.15, 0.2) is 72.8 Å². The van der Waals surface area contributed by atoms with Gasteiger partial charge in [0.1, 0.15) is 0 Å². The molecule has 0 saturated carbocycles. The molecule has 9 nitrogen and oxygen atoms in total. The van der Waals surface area contributed by atoms with Gasteiger partial charge in [-0.3, -0.25) is 0 Å². The molecule has 2 aromatic heterocycles. The number of nitrogens with zero attached hydrogens (tertiary/aromatic N) is 6. The number of nitrogens with one attached hydrogen (secondary N) is 1. The standard InChI is InChI=1S/C27H25N7O2/c1-3-17(2)24-28-26(20-12-14-21(15-13-20)27(35)36)34(31-24)16-18-8-10-19(11-9-18)22-6-4-5-7-23(22)25-29-32-33-30-25/h4-15,17H,3,16H2,1-2H3,(H,35,36)(H,29,30,32,33). The summed E-state index contributed by atoms with van der Waals surface area (Å²) in [4.78, 5) is 16.1. The van der Waals surface area contributed by atoms with E-state index in [2.05, 4.69) is 58.7 Å². The number of aromatic nitrogens is 7. The molecule has 0 saturated heterocycles. The van der Waals surface area contributed by atoms with E-state index in [1.165, 1.54) is 0 Å². The van der Waals surface area contributed by atoms with Gasteiger partial charge in [-0.15, -0.1) is 5.10 Å². The van der Waals surface area contributed by atoms with Gasteiger partial charge in [0.05, 0.1) is 12.1 Å². The van der Waals surface area contributed by atoms with Gasteiger partial charge in [0, 0.05) is 17.0 Å². The van der Waals surface area contributed by atoms with Gasteiger partial charge in [0.25, 0.3) is 0 Å². The number of H-pyrrole nitrogens is 1. The maximum absolute atomic E-state index is 11.3. The highest BCUT2D eigenvalue weighted by Crippen LogP contribution is 2.30. The number of tetrazole rings is 1. The molecule has 36 heavy (non-hydrogen) atoms. The Morgan fingerprint density at radius 1 is 0.972 bits per heavy atom. The first kappa shape index (κ1) is 23.1. The molecule has 5 aromatic rings. The molecule has 180 valence electrons. The number of aromatic carboxylic acids is 1. The van der Waals surface area contributed by atoms with Crippen molar-refractivity contribution >= 4 is 5.97 Å². The van der Waals surface area contributed by atoms with Crippen LogP contribution in [-0.4, -0.2) is 46.5 Å². The lowest BCUT2D eigenvalue weighted by atomic mass is 9.98. The predicted octanol–water partition coefficient (Wildman–Crippen LogP) is 5.05. The number of hydrogen-bond donors (Lipinski definition) is 2. The largest absolute Gasteiger partial charge is 0.478 e. The van der Waals surface area contributed by atoms with Gasteiger partial charge in [-0.2, -0.15) is 5.10 Å². The summed E-state index contributed by atoms with van der Waals surface area (Å²) in [6, 6.07) is 23.0. The fourth-order valence-corrected chi connectivity index (χ4v) is 4.01. The Morgan fingerprint density at radius 2 is 1.67 bits per heavy atom. The van der Waals surface area contributed by atoms with E-state index < -0.39 is 5.97 Å². The fourth-order valence-electron chi connectivity index (χ4n) is 4.01. The number of rotatable bonds is 8. The van der Waals surface area contributed by atoms with Gasteiger partial charge in [-0.05, 0) is 45.7 Å². The summed E-state index contributed by atoms with van der Waals surface area (Å²) in [5, 5.41) is 28.3. The minimum atomic E-state index is -0.954. The number of carbonyl (C=O) groups is 1. The molecule has 2 heterocycles. The van der Waals surface area contributed by atoms with Crippen LogP contribution in [0.2, 0.25) is 0 Å². The molecule has 3 aromatic carbocycles. The molecule has 1 unspecified atom stereocenters. The lowest BCUT2D eigenvalue weighted by molar-refractivity contribution is 0.0697. The molecule has 0 aliphatic rings. The van der Waals surface area contributed by atoms with E-state index in [-0.39, 0.29) is 11.5 Å². The maximum atomic E-state index is 11.3. The monoisotopic (exact) mass is 479 g/mol. The number of aromatic amines is 1. The van der Waals surface area contributed by atoms with Crippen LogP contribution in [0.3, 0.4) is 0 Å². The number of carboxylic acids is 1. The second-order valence-corrected chi connectivity index (χ2v) is 8.64. The molecular weight excluding hydrogens is 454 g/mol. The van der Waals surface area contributed by atoms with Crippen LogP contribution in [0.4, 0.5) is 0 Å². The first-order valence-corrected chi connectivity index (χ1v) is 11.7. The highest BCUT2D eigenvalue weighted by atomic mass is 16.4. The fraction of sp³-hybridized carbons (Fsp3) is 0.185. The molecule has 0 spiro atoms. The Kier molecular flexibility index (Phi) is 6.36. The Balaban J connectivity index is 1.46. The molecule has 9 heteroatoms. The lowest BCUT2D eigenvalue weighted by Gasteiger charge is -2.10. The molecule has 0 radical (unpaired) electrons. The summed E-state index contributed by atoms with van der Waals surface area (Å²) >= 11 is 0. The zero-order chi connectivity index (χ0) is 25.1. The van der Waals surface area contributed by atoms with Crippen molar-refractivity contribution < 1.29 is 9.90 Å². The molecule has 0 bridgehead atoms. The van der Waals surface area contributed by atoms with Crippen molar-refractivity contribution in [3.8, 4) is 33.9 Å².